The number of benzene rings is 2. The molecule has 2 aromatic carbocycles. The van der Waals surface area contributed by atoms with Crippen LogP contribution < -0.4 is 5.32 Å². The van der Waals surface area contributed by atoms with Gasteiger partial charge in [-0.05, 0) is 55.0 Å². The third-order valence-electron chi connectivity index (χ3n) is 4.11. The third-order valence-corrected chi connectivity index (χ3v) is 4.64. The van der Waals surface area contributed by atoms with Crippen molar-refractivity contribution >= 4 is 21.6 Å². The Morgan fingerprint density at radius 2 is 1.71 bits per heavy atom. The zero-order chi connectivity index (χ0) is 15.0. The Morgan fingerprint density at radius 3 is 2.38 bits per heavy atom. The molecule has 2 aromatic rings. The summed E-state index contributed by atoms with van der Waals surface area (Å²) in [4.78, 5) is 0. The second kappa shape index (κ2) is 5.76. The maximum atomic E-state index is 13.9. The molecule has 1 N–H and O–H groups in total. The molecule has 0 heterocycles. The van der Waals surface area contributed by atoms with Crippen LogP contribution in [0, 0.1) is 18.6 Å². The first-order valence-corrected chi connectivity index (χ1v) is 7.80. The molecule has 0 saturated heterocycles. The van der Waals surface area contributed by atoms with Gasteiger partial charge in [-0.15, -0.1) is 0 Å². The van der Waals surface area contributed by atoms with Crippen LogP contribution in [-0.2, 0) is 0 Å². The third kappa shape index (κ3) is 2.95. The van der Waals surface area contributed by atoms with E-state index in [1.54, 1.807) is 6.92 Å². The molecule has 1 saturated carbocycles. The lowest BCUT2D eigenvalue weighted by atomic mass is 9.76. The van der Waals surface area contributed by atoms with Crippen LogP contribution in [0.1, 0.15) is 29.9 Å². The van der Waals surface area contributed by atoms with Crippen LogP contribution in [0.3, 0.4) is 0 Å². The largest absolute Gasteiger partial charge is 0.378 e. The summed E-state index contributed by atoms with van der Waals surface area (Å²) < 4.78 is 28.7. The molecule has 0 unspecified atom stereocenters. The van der Waals surface area contributed by atoms with Crippen LogP contribution in [0.15, 0.2) is 40.9 Å². The van der Waals surface area contributed by atoms with Gasteiger partial charge in [-0.25, -0.2) is 8.78 Å². The molecule has 1 aliphatic carbocycles. The van der Waals surface area contributed by atoms with E-state index in [1.165, 1.54) is 17.7 Å². The molecule has 0 radical (unpaired) electrons. The molecule has 1 nitrogen and oxygen atoms in total. The zero-order valence-electron chi connectivity index (χ0n) is 11.7. The zero-order valence-corrected chi connectivity index (χ0v) is 13.3. The summed E-state index contributed by atoms with van der Waals surface area (Å²) in [5, 5.41) is 3.01. The molecule has 0 atom stereocenters. The van der Waals surface area contributed by atoms with E-state index in [1.807, 2.05) is 12.1 Å². The topological polar surface area (TPSA) is 12.0 Å². The number of halogens is 3. The standard InChI is InChI=1S/C17H16BrF2N/c1-10-2-7-15(19)17(16(10)20)21-14-8-12(9-14)11-3-5-13(18)6-4-11/h2-7,12,14,21H,8-9H2,1H3. The monoisotopic (exact) mass is 351 g/mol. The van der Waals surface area contributed by atoms with Crippen molar-refractivity contribution in [2.24, 2.45) is 0 Å². The Balaban J connectivity index is 1.65. The summed E-state index contributed by atoms with van der Waals surface area (Å²) in [5.41, 5.74) is 1.75. The van der Waals surface area contributed by atoms with Gasteiger partial charge < -0.3 is 5.32 Å². The van der Waals surface area contributed by atoms with Crippen molar-refractivity contribution < 1.29 is 8.78 Å². The Bertz CT molecular complexity index is 649. The van der Waals surface area contributed by atoms with Gasteiger partial charge in [0.1, 0.15) is 11.5 Å². The molecule has 0 amide bonds. The summed E-state index contributed by atoms with van der Waals surface area (Å²) in [6.45, 7) is 1.64. The molecule has 4 heteroatoms. The van der Waals surface area contributed by atoms with Gasteiger partial charge >= 0.3 is 0 Å². The second-order valence-corrected chi connectivity index (χ2v) is 6.53. The molecule has 0 aromatic heterocycles. The van der Waals surface area contributed by atoms with E-state index in [9.17, 15) is 8.78 Å². The number of aryl methyl sites for hydroxylation is 1. The van der Waals surface area contributed by atoms with E-state index < -0.39 is 11.6 Å². The lowest BCUT2D eigenvalue weighted by Gasteiger charge is -2.37. The maximum Gasteiger partial charge on any atom is 0.152 e. The van der Waals surface area contributed by atoms with Gasteiger partial charge in [-0.1, -0.05) is 34.1 Å². The number of nitrogens with one attached hydrogen (secondary N) is 1. The minimum absolute atomic E-state index is 0.00857. The fraction of sp³-hybridized carbons (Fsp3) is 0.294. The minimum atomic E-state index is -0.523. The van der Waals surface area contributed by atoms with Crippen LogP contribution in [0.5, 0.6) is 0 Å². The summed E-state index contributed by atoms with van der Waals surface area (Å²) >= 11 is 3.42. The number of hydrogen-bond acceptors (Lipinski definition) is 1. The van der Waals surface area contributed by atoms with Crippen LogP contribution in [-0.4, -0.2) is 6.04 Å². The molecule has 110 valence electrons. The molecular formula is C17H16BrF2N. The van der Waals surface area contributed by atoms with E-state index in [4.69, 9.17) is 0 Å². The van der Waals surface area contributed by atoms with E-state index in [0.717, 1.165) is 17.3 Å². The number of rotatable bonds is 3. The highest BCUT2D eigenvalue weighted by Gasteiger charge is 2.31. The normalized spacial score (nSPS) is 21.0. The van der Waals surface area contributed by atoms with Gasteiger partial charge in [0.05, 0.1) is 0 Å². The molecule has 0 aliphatic heterocycles. The Morgan fingerprint density at radius 1 is 1.05 bits per heavy atom. The summed E-state index contributed by atoms with van der Waals surface area (Å²) in [6.07, 6.45) is 1.79. The quantitative estimate of drug-likeness (QED) is 0.781. The molecule has 0 bridgehead atoms. The van der Waals surface area contributed by atoms with Gasteiger partial charge in [0, 0.05) is 10.5 Å². The summed E-state index contributed by atoms with van der Waals surface area (Å²) in [7, 11) is 0. The average molecular weight is 352 g/mol. The SMILES string of the molecule is Cc1ccc(F)c(NC2CC(c3ccc(Br)cc3)C2)c1F. The van der Waals surface area contributed by atoms with Crippen LogP contribution in [0.2, 0.25) is 0 Å². The number of hydrogen-bond donors (Lipinski definition) is 1. The fourth-order valence-corrected chi connectivity index (χ4v) is 3.00. The molecule has 1 fully saturated rings. The van der Waals surface area contributed by atoms with E-state index in [-0.39, 0.29) is 11.7 Å². The van der Waals surface area contributed by atoms with Crippen LogP contribution >= 0.6 is 15.9 Å². The van der Waals surface area contributed by atoms with Gasteiger partial charge in [-0.2, -0.15) is 0 Å². The van der Waals surface area contributed by atoms with Crippen molar-refractivity contribution in [3.63, 3.8) is 0 Å². The van der Waals surface area contributed by atoms with E-state index in [0.29, 0.717) is 11.5 Å². The van der Waals surface area contributed by atoms with E-state index in [2.05, 4.69) is 33.4 Å². The second-order valence-electron chi connectivity index (χ2n) is 5.61. The average Bonchev–Trinajstić information content (AvgIpc) is 2.43. The van der Waals surface area contributed by atoms with Crippen molar-refractivity contribution in [3.05, 3.63) is 63.6 Å². The van der Waals surface area contributed by atoms with Gasteiger partial charge in [0.25, 0.3) is 0 Å². The summed E-state index contributed by atoms with van der Waals surface area (Å²) in [5.74, 6) is -0.543. The minimum Gasteiger partial charge on any atom is -0.378 e. The van der Waals surface area contributed by atoms with Crippen molar-refractivity contribution in [2.75, 3.05) is 5.32 Å². The smallest absolute Gasteiger partial charge is 0.152 e. The van der Waals surface area contributed by atoms with Crippen molar-refractivity contribution in [2.45, 2.75) is 31.7 Å². The lowest BCUT2D eigenvalue weighted by Crippen LogP contribution is -2.34. The fourth-order valence-electron chi connectivity index (χ4n) is 2.74. The molecular weight excluding hydrogens is 336 g/mol. The van der Waals surface area contributed by atoms with Crippen molar-refractivity contribution in [1.82, 2.24) is 0 Å². The predicted octanol–water partition coefficient (Wildman–Crippen LogP) is 5.39. The lowest BCUT2D eigenvalue weighted by molar-refractivity contribution is 0.371. The van der Waals surface area contributed by atoms with Crippen molar-refractivity contribution in [3.8, 4) is 0 Å². The Hall–Kier alpha value is -1.42. The first-order valence-electron chi connectivity index (χ1n) is 7.01. The highest BCUT2D eigenvalue weighted by atomic mass is 79.9. The molecule has 1 aliphatic rings. The number of anilines is 1. The van der Waals surface area contributed by atoms with Crippen LogP contribution in [0.25, 0.3) is 0 Å². The van der Waals surface area contributed by atoms with E-state index >= 15 is 0 Å². The van der Waals surface area contributed by atoms with Crippen molar-refractivity contribution in [1.29, 1.82) is 0 Å². The molecule has 0 spiro atoms. The summed E-state index contributed by atoms with van der Waals surface area (Å²) in [6, 6.07) is 11.1. The first-order chi connectivity index (χ1) is 10.0. The molecule has 21 heavy (non-hydrogen) atoms. The van der Waals surface area contributed by atoms with Crippen LogP contribution in [0.4, 0.5) is 14.5 Å². The first kappa shape index (κ1) is 14.5. The molecule has 3 rings (SSSR count). The Labute approximate surface area is 131 Å². The van der Waals surface area contributed by atoms with Gasteiger partial charge in [0.2, 0.25) is 0 Å². The van der Waals surface area contributed by atoms with Gasteiger partial charge in [0.15, 0.2) is 5.82 Å². The highest BCUT2D eigenvalue weighted by molar-refractivity contribution is 9.10. The predicted molar refractivity (Wildman–Crippen MR) is 84.6 cm³/mol. The highest BCUT2D eigenvalue weighted by Crippen LogP contribution is 2.39. The maximum absolute atomic E-state index is 13.9. The Kier molecular flexibility index (Phi) is 3.98. The van der Waals surface area contributed by atoms with Gasteiger partial charge in [-0.3, -0.25) is 0 Å².